The lowest BCUT2D eigenvalue weighted by Crippen LogP contribution is -2.44. The molecule has 1 aromatic carbocycles. The molecule has 1 N–H and O–H groups in total. The summed E-state index contributed by atoms with van der Waals surface area (Å²) in [6.07, 6.45) is 1.13. The van der Waals surface area contributed by atoms with E-state index in [-0.39, 0.29) is 5.60 Å². The summed E-state index contributed by atoms with van der Waals surface area (Å²) >= 11 is 0. The Morgan fingerprint density at radius 1 is 1.16 bits per heavy atom. The highest BCUT2D eigenvalue weighted by Gasteiger charge is 2.18. The Hall–Kier alpha value is -0.900. The lowest BCUT2D eigenvalue weighted by atomic mass is 9.96. The summed E-state index contributed by atoms with van der Waals surface area (Å²) in [7, 11) is 1.76. The minimum Gasteiger partial charge on any atom is -0.374 e. The third-order valence-electron chi connectivity index (χ3n) is 4.09. The molecule has 0 aromatic heterocycles. The van der Waals surface area contributed by atoms with E-state index in [9.17, 15) is 0 Å². The van der Waals surface area contributed by atoms with E-state index < -0.39 is 0 Å². The minimum absolute atomic E-state index is 0.197. The molecule has 1 heterocycles. The average molecular weight is 262 g/mol. The van der Waals surface area contributed by atoms with Crippen LogP contribution in [-0.2, 0) is 16.8 Å². The summed E-state index contributed by atoms with van der Waals surface area (Å²) in [5.74, 6) is 0. The van der Waals surface area contributed by atoms with Crippen LogP contribution in [0.15, 0.2) is 24.3 Å². The number of hydrogen-bond acceptors (Lipinski definition) is 3. The number of benzene rings is 1. The van der Waals surface area contributed by atoms with E-state index in [2.05, 4.69) is 48.3 Å². The van der Waals surface area contributed by atoms with Crippen molar-refractivity contribution in [2.75, 3.05) is 39.8 Å². The largest absolute Gasteiger partial charge is 0.374 e. The normalized spacial score (nSPS) is 17.6. The molecule has 0 saturated carbocycles. The van der Waals surface area contributed by atoms with Gasteiger partial charge in [-0.15, -0.1) is 0 Å². The summed E-state index contributed by atoms with van der Waals surface area (Å²) < 4.78 is 5.50. The molecule has 106 valence electrons. The van der Waals surface area contributed by atoms with Crippen molar-refractivity contribution in [3.05, 3.63) is 35.4 Å². The molecular weight excluding hydrogens is 236 g/mol. The monoisotopic (exact) mass is 262 g/mol. The first-order valence-corrected chi connectivity index (χ1v) is 7.19. The van der Waals surface area contributed by atoms with Crippen LogP contribution in [0.3, 0.4) is 0 Å². The minimum atomic E-state index is -0.197. The summed E-state index contributed by atoms with van der Waals surface area (Å²) in [5.41, 5.74) is 2.45. The topological polar surface area (TPSA) is 24.5 Å². The zero-order chi connectivity index (χ0) is 13.7. The highest BCUT2D eigenvalue weighted by atomic mass is 16.5. The quantitative estimate of drug-likeness (QED) is 0.878. The molecule has 2 rings (SSSR count). The number of nitrogens with one attached hydrogen (secondary N) is 1. The summed E-state index contributed by atoms with van der Waals surface area (Å²) in [5, 5.41) is 3.39. The molecule has 1 fully saturated rings. The first-order chi connectivity index (χ1) is 9.12. The van der Waals surface area contributed by atoms with E-state index in [0.717, 1.165) is 26.1 Å². The number of methoxy groups -OCH3 is 1. The van der Waals surface area contributed by atoms with Crippen LogP contribution in [0.2, 0.25) is 0 Å². The van der Waals surface area contributed by atoms with Crippen molar-refractivity contribution in [3.8, 4) is 0 Å². The maximum Gasteiger partial charge on any atom is 0.0871 e. The Kier molecular flexibility index (Phi) is 4.97. The molecule has 1 saturated heterocycles. The van der Waals surface area contributed by atoms with Crippen LogP contribution in [0.1, 0.15) is 25.0 Å². The second-order valence-electron chi connectivity index (χ2n) is 5.75. The maximum atomic E-state index is 5.50. The molecule has 0 unspecified atom stereocenters. The molecule has 3 nitrogen and oxygen atoms in total. The standard InChI is InChI=1S/C16H26N2O/c1-16(2,19-3)15-6-4-14(5-7-15)8-11-18-12-9-17-10-13-18/h4-7,17H,8-13H2,1-3H3. The Morgan fingerprint density at radius 3 is 2.37 bits per heavy atom. The lowest BCUT2D eigenvalue weighted by molar-refractivity contribution is 0.0192. The van der Waals surface area contributed by atoms with Crippen LogP contribution in [0.4, 0.5) is 0 Å². The van der Waals surface area contributed by atoms with E-state index in [1.54, 1.807) is 7.11 Å². The van der Waals surface area contributed by atoms with Gasteiger partial charge in [0.2, 0.25) is 0 Å². The van der Waals surface area contributed by atoms with Crippen molar-refractivity contribution in [2.24, 2.45) is 0 Å². The van der Waals surface area contributed by atoms with Gasteiger partial charge in [-0.25, -0.2) is 0 Å². The van der Waals surface area contributed by atoms with Crippen LogP contribution in [-0.4, -0.2) is 44.7 Å². The van der Waals surface area contributed by atoms with Gasteiger partial charge >= 0.3 is 0 Å². The Morgan fingerprint density at radius 2 is 1.79 bits per heavy atom. The molecule has 0 spiro atoms. The number of ether oxygens (including phenoxy) is 1. The number of rotatable bonds is 5. The summed E-state index contributed by atoms with van der Waals surface area (Å²) in [6, 6.07) is 8.85. The number of nitrogens with zero attached hydrogens (tertiary/aromatic N) is 1. The molecule has 0 radical (unpaired) electrons. The van der Waals surface area contributed by atoms with Gasteiger partial charge in [0, 0.05) is 39.8 Å². The molecule has 1 aromatic rings. The Bertz CT molecular complexity index is 380. The SMILES string of the molecule is COC(C)(C)c1ccc(CCN2CCNCC2)cc1. The summed E-state index contributed by atoms with van der Waals surface area (Å²) in [4.78, 5) is 2.53. The zero-order valence-electron chi connectivity index (χ0n) is 12.4. The van der Waals surface area contributed by atoms with E-state index in [4.69, 9.17) is 4.74 Å². The smallest absolute Gasteiger partial charge is 0.0871 e. The highest BCUT2D eigenvalue weighted by Crippen LogP contribution is 2.23. The summed E-state index contributed by atoms with van der Waals surface area (Å²) in [6.45, 7) is 9.96. The Labute approximate surface area is 116 Å². The average Bonchev–Trinajstić information content (AvgIpc) is 2.47. The van der Waals surface area contributed by atoms with E-state index in [1.165, 1.54) is 24.2 Å². The van der Waals surface area contributed by atoms with Gasteiger partial charge in [-0.1, -0.05) is 24.3 Å². The van der Waals surface area contributed by atoms with Gasteiger partial charge in [-0.05, 0) is 31.4 Å². The fraction of sp³-hybridized carbons (Fsp3) is 0.625. The molecule has 1 aliphatic heterocycles. The molecule has 1 aliphatic rings. The van der Waals surface area contributed by atoms with E-state index in [0.29, 0.717) is 0 Å². The van der Waals surface area contributed by atoms with Gasteiger partial charge in [0.25, 0.3) is 0 Å². The van der Waals surface area contributed by atoms with E-state index >= 15 is 0 Å². The predicted molar refractivity (Wildman–Crippen MR) is 79.5 cm³/mol. The van der Waals surface area contributed by atoms with Gasteiger partial charge in [0.05, 0.1) is 5.60 Å². The van der Waals surface area contributed by atoms with Gasteiger partial charge in [0.15, 0.2) is 0 Å². The van der Waals surface area contributed by atoms with Crippen molar-refractivity contribution in [2.45, 2.75) is 25.9 Å². The molecule has 0 amide bonds. The molecule has 0 bridgehead atoms. The predicted octanol–water partition coefficient (Wildman–Crippen LogP) is 2.02. The van der Waals surface area contributed by atoms with Crippen molar-refractivity contribution in [1.29, 1.82) is 0 Å². The van der Waals surface area contributed by atoms with Crippen LogP contribution < -0.4 is 5.32 Å². The Balaban J connectivity index is 1.88. The van der Waals surface area contributed by atoms with Crippen molar-refractivity contribution in [1.82, 2.24) is 10.2 Å². The third kappa shape index (κ3) is 4.03. The van der Waals surface area contributed by atoms with E-state index in [1.807, 2.05) is 0 Å². The first kappa shape index (κ1) is 14.5. The van der Waals surface area contributed by atoms with Crippen molar-refractivity contribution < 1.29 is 4.74 Å². The molecule has 0 aliphatic carbocycles. The van der Waals surface area contributed by atoms with Crippen LogP contribution in [0.5, 0.6) is 0 Å². The first-order valence-electron chi connectivity index (χ1n) is 7.19. The molecule has 3 heteroatoms. The second-order valence-corrected chi connectivity index (χ2v) is 5.75. The van der Waals surface area contributed by atoms with Gasteiger partial charge in [0.1, 0.15) is 0 Å². The molecule has 19 heavy (non-hydrogen) atoms. The highest BCUT2D eigenvalue weighted by molar-refractivity contribution is 5.26. The van der Waals surface area contributed by atoms with Crippen molar-refractivity contribution in [3.63, 3.8) is 0 Å². The fourth-order valence-electron chi connectivity index (χ4n) is 2.41. The molecular formula is C16H26N2O. The second kappa shape index (κ2) is 6.51. The van der Waals surface area contributed by atoms with Crippen LogP contribution >= 0.6 is 0 Å². The lowest BCUT2D eigenvalue weighted by Gasteiger charge is -2.27. The number of hydrogen-bond donors (Lipinski definition) is 1. The zero-order valence-corrected chi connectivity index (χ0v) is 12.4. The fourth-order valence-corrected chi connectivity index (χ4v) is 2.41. The van der Waals surface area contributed by atoms with Crippen molar-refractivity contribution >= 4 is 0 Å². The van der Waals surface area contributed by atoms with Gasteiger partial charge in [-0.2, -0.15) is 0 Å². The molecule has 0 atom stereocenters. The van der Waals surface area contributed by atoms with Crippen LogP contribution in [0.25, 0.3) is 0 Å². The van der Waals surface area contributed by atoms with Gasteiger partial charge < -0.3 is 15.0 Å². The van der Waals surface area contributed by atoms with Crippen LogP contribution in [0, 0.1) is 0 Å². The maximum absolute atomic E-state index is 5.50. The number of piperazine rings is 1. The third-order valence-corrected chi connectivity index (χ3v) is 4.09. The van der Waals surface area contributed by atoms with Gasteiger partial charge in [-0.3, -0.25) is 0 Å².